The van der Waals surface area contributed by atoms with Gasteiger partial charge in [-0.2, -0.15) is 13.2 Å². The molecular weight excluding hydrogens is 476 g/mol. The molecule has 1 aliphatic heterocycles. The van der Waals surface area contributed by atoms with Crippen molar-refractivity contribution in [3.63, 3.8) is 0 Å². The van der Waals surface area contributed by atoms with E-state index in [1.165, 1.54) is 18.2 Å². The van der Waals surface area contributed by atoms with Crippen molar-refractivity contribution < 1.29 is 27.6 Å². The average Bonchev–Trinajstić information content (AvgIpc) is 2.98. The van der Waals surface area contributed by atoms with Crippen LogP contribution in [0.15, 0.2) is 47.4 Å². The number of rotatable bonds is 5. The highest BCUT2D eigenvalue weighted by atomic mass is 35.5. The van der Waals surface area contributed by atoms with Crippen molar-refractivity contribution in [2.45, 2.75) is 6.18 Å². The highest BCUT2D eigenvalue weighted by molar-refractivity contribution is 8.18. The fourth-order valence-corrected chi connectivity index (χ4v) is 3.99. The molecule has 162 valence electrons. The fourth-order valence-electron chi connectivity index (χ4n) is 2.77. The van der Waals surface area contributed by atoms with Crippen LogP contribution in [0.5, 0.6) is 0 Å². The second kappa shape index (κ2) is 9.33. The molecule has 0 aliphatic carbocycles. The zero-order valence-electron chi connectivity index (χ0n) is 15.5. The molecule has 2 aromatic carbocycles. The Balaban J connectivity index is 1.66. The van der Waals surface area contributed by atoms with Crippen molar-refractivity contribution >= 4 is 58.1 Å². The van der Waals surface area contributed by atoms with Crippen molar-refractivity contribution in [3.8, 4) is 0 Å². The number of nitrogens with zero attached hydrogens (tertiary/aromatic N) is 1. The predicted molar refractivity (Wildman–Crippen MR) is 113 cm³/mol. The predicted octanol–water partition coefficient (Wildman–Crippen LogP) is 5.48. The maximum absolute atomic E-state index is 13.1. The number of hydrogen-bond acceptors (Lipinski definition) is 4. The Bertz CT molecular complexity index is 1090. The first kappa shape index (κ1) is 23.2. The van der Waals surface area contributed by atoms with Crippen LogP contribution < -0.4 is 5.32 Å². The van der Waals surface area contributed by atoms with E-state index in [1.807, 2.05) is 0 Å². The van der Waals surface area contributed by atoms with Gasteiger partial charge in [-0.25, -0.2) is 0 Å². The molecular formula is C20H13Cl2F3N2O3S. The molecule has 1 N–H and O–H groups in total. The summed E-state index contributed by atoms with van der Waals surface area (Å²) in [4.78, 5) is 37.9. The van der Waals surface area contributed by atoms with Gasteiger partial charge in [0.05, 0.1) is 26.1 Å². The fraction of sp³-hybridized carbons (Fsp3) is 0.150. The maximum Gasteiger partial charge on any atom is 0.417 e. The van der Waals surface area contributed by atoms with E-state index in [4.69, 9.17) is 23.2 Å². The van der Waals surface area contributed by atoms with E-state index in [0.717, 1.165) is 17.0 Å². The van der Waals surface area contributed by atoms with Crippen molar-refractivity contribution in [2.24, 2.45) is 0 Å². The number of halogens is 5. The molecule has 0 unspecified atom stereocenters. The Morgan fingerprint density at radius 3 is 2.52 bits per heavy atom. The van der Waals surface area contributed by atoms with Crippen molar-refractivity contribution in [1.29, 1.82) is 0 Å². The van der Waals surface area contributed by atoms with Gasteiger partial charge in [0.1, 0.15) is 0 Å². The van der Waals surface area contributed by atoms with Crippen LogP contribution in [-0.4, -0.2) is 35.0 Å². The SMILES string of the molecule is O=C(NCCN1C(=O)S/C(=C\c2cccc(Cl)c2Cl)C1=O)c1ccccc1C(F)(F)F. The number of carbonyl (C=O) groups is 3. The molecule has 11 heteroatoms. The summed E-state index contributed by atoms with van der Waals surface area (Å²) in [7, 11) is 0. The number of thioether (sulfide) groups is 1. The molecule has 0 spiro atoms. The van der Waals surface area contributed by atoms with Crippen LogP contribution in [0.3, 0.4) is 0 Å². The lowest BCUT2D eigenvalue weighted by atomic mass is 10.1. The van der Waals surface area contributed by atoms with E-state index in [1.54, 1.807) is 18.2 Å². The van der Waals surface area contributed by atoms with Crippen LogP contribution in [0, 0.1) is 0 Å². The van der Waals surface area contributed by atoms with Gasteiger partial charge < -0.3 is 5.32 Å². The second-order valence-electron chi connectivity index (χ2n) is 6.28. The molecule has 0 atom stereocenters. The zero-order chi connectivity index (χ0) is 22.8. The van der Waals surface area contributed by atoms with Crippen LogP contribution in [0.2, 0.25) is 10.0 Å². The van der Waals surface area contributed by atoms with Gasteiger partial charge in [-0.1, -0.05) is 47.5 Å². The Morgan fingerprint density at radius 1 is 1.10 bits per heavy atom. The average molecular weight is 489 g/mol. The first-order chi connectivity index (χ1) is 14.6. The lowest BCUT2D eigenvalue weighted by Crippen LogP contribution is -2.37. The van der Waals surface area contributed by atoms with Crippen LogP contribution in [0.4, 0.5) is 18.0 Å². The van der Waals surface area contributed by atoms with Gasteiger partial charge in [-0.15, -0.1) is 0 Å². The van der Waals surface area contributed by atoms with E-state index in [0.29, 0.717) is 17.3 Å². The molecule has 5 nitrogen and oxygen atoms in total. The lowest BCUT2D eigenvalue weighted by Gasteiger charge is -2.15. The quantitative estimate of drug-likeness (QED) is 0.566. The highest BCUT2D eigenvalue weighted by Crippen LogP contribution is 2.35. The third-order valence-electron chi connectivity index (χ3n) is 4.24. The minimum atomic E-state index is -4.69. The third-order valence-corrected chi connectivity index (χ3v) is 5.98. The normalized spacial score (nSPS) is 15.6. The van der Waals surface area contributed by atoms with E-state index in [2.05, 4.69) is 5.32 Å². The molecule has 3 amide bonds. The summed E-state index contributed by atoms with van der Waals surface area (Å²) in [6.45, 7) is -0.417. The molecule has 0 saturated carbocycles. The summed E-state index contributed by atoms with van der Waals surface area (Å²) in [5.41, 5.74) is -1.16. The van der Waals surface area contributed by atoms with Gasteiger partial charge in [0.2, 0.25) is 0 Å². The molecule has 31 heavy (non-hydrogen) atoms. The van der Waals surface area contributed by atoms with Gasteiger partial charge in [-0.3, -0.25) is 19.3 Å². The maximum atomic E-state index is 13.1. The summed E-state index contributed by atoms with van der Waals surface area (Å²) in [6, 6.07) is 9.18. The number of nitrogens with one attached hydrogen (secondary N) is 1. The largest absolute Gasteiger partial charge is 0.417 e. The summed E-state index contributed by atoms with van der Waals surface area (Å²) in [5, 5.41) is 2.25. The molecule has 1 fully saturated rings. The first-order valence-electron chi connectivity index (χ1n) is 8.73. The van der Waals surface area contributed by atoms with E-state index >= 15 is 0 Å². The van der Waals surface area contributed by atoms with Crippen molar-refractivity contribution in [3.05, 3.63) is 74.1 Å². The standard InChI is InChI=1S/C20H13Cl2F3N2O3S/c21-14-7-3-4-11(16(14)22)10-15-18(29)27(19(30)31-15)9-8-26-17(28)12-5-1-2-6-13(12)20(23,24)25/h1-7,10H,8-9H2,(H,26,28)/b15-10-. The molecule has 0 aromatic heterocycles. The van der Waals surface area contributed by atoms with Gasteiger partial charge in [0, 0.05) is 13.1 Å². The molecule has 1 aliphatic rings. The minimum absolute atomic E-state index is 0.114. The van der Waals surface area contributed by atoms with Gasteiger partial charge in [0.25, 0.3) is 17.1 Å². The second-order valence-corrected chi connectivity index (χ2v) is 8.05. The molecule has 0 bridgehead atoms. The number of alkyl halides is 3. The molecule has 0 radical (unpaired) electrons. The monoisotopic (exact) mass is 488 g/mol. The molecule has 3 rings (SSSR count). The lowest BCUT2D eigenvalue weighted by molar-refractivity contribution is -0.138. The van der Waals surface area contributed by atoms with Gasteiger partial charge in [0.15, 0.2) is 0 Å². The van der Waals surface area contributed by atoms with E-state index in [9.17, 15) is 27.6 Å². The molecule has 2 aromatic rings. The summed E-state index contributed by atoms with van der Waals surface area (Å²) in [5.74, 6) is -1.56. The Hall–Kier alpha value is -2.49. The Labute approximate surface area is 189 Å². The minimum Gasteiger partial charge on any atom is -0.350 e. The topological polar surface area (TPSA) is 66.5 Å². The number of amides is 3. The van der Waals surface area contributed by atoms with Crippen molar-refractivity contribution in [1.82, 2.24) is 10.2 Å². The van der Waals surface area contributed by atoms with Crippen LogP contribution in [0.25, 0.3) is 6.08 Å². The number of imide groups is 1. The Morgan fingerprint density at radius 2 is 1.81 bits per heavy atom. The van der Waals surface area contributed by atoms with Crippen LogP contribution in [0.1, 0.15) is 21.5 Å². The zero-order valence-corrected chi connectivity index (χ0v) is 17.8. The number of carbonyl (C=O) groups excluding carboxylic acids is 3. The highest BCUT2D eigenvalue weighted by Gasteiger charge is 2.36. The first-order valence-corrected chi connectivity index (χ1v) is 10.3. The van der Waals surface area contributed by atoms with Crippen molar-refractivity contribution in [2.75, 3.05) is 13.1 Å². The molecule has 1 heterocycles. The van der Waals surface area contributed by atoms with Crippen LogP contribution in [-0.2, 0) is 11.0 Å². The van der Waals surface area contributed by atoms with Gasteiger partial charge >= 0.3 is 6.18 Å². The number of benzene rings is 2. The smallest absolute Gasteiger partial charge is 0.350 e. The van der Waals surface area contributed by atoms with Gasteiger partial charge in [-0.05, 0) is 41.6 Å². The van der Waals surface area contributed by atoms with Crippen LogP contribution >= 0.6 is 35.0 Å². The van der Waals surface area contributed by atoms with E-state index < -0.39 is 34.4 Å². The van der Waals surface area contributed by atoms with E-state index in [-0.39, 0.29) is 28.0 Å². The molecule has 1 saturated heterocycles. The summed E-state index contributed by atoms with van der Waals surface area (Å²) in [6.07, 6.45) is -3.26. The summed E-state index contributed by atoms with van der Waals surface area (Å²) < 4.78 is 39.2. The third kappa shape index (κ3) is 5.23. The number of hydrogen-bond donors (Lipinski definition) is 1. The Kier molecular flexibility index (Phi) is 6.98. The summed E-state index contributed by atoms with van der Waals surface area (Å²) >= 11 is 12.7.